The van der Waals surface area contributed by atoms with Crippen molar-refractivity contribution < 1.29 is 19.1 Å². The first-order chi connectivity index (χ1) is 12.5. The second-order valence-electron chi connectivity index (χ2n) is 6.27. The molecule has 0 saturated carbocycles. The van der Waals surface area contributed by atoms with Crippen molar-refractivity contribution in [1.82, 2.24) is 0 Å². The average Bonchev–Trinajstić information content (AvgIpc) is 2.63. The van der Waals surface area contributed by atoms with Gasteiger partial charge in [-0.15, -0.1) is 0 Å². The molecule has 0 saturated heterocycles. The summed E-state index contributed by atoms with van der Waals surface area (Å²) >= 11 is 0. The van der Waals surface area contributed by atoms with Gasteiger partial charge in [0.15, 0.2) is 6.10 Å². The third kappa shape index (κ3) is 3.77. The van der Waals surface area contributed by atoms with Crippen LogP contribution in [0.2, 0.25) is 0 Å². The molecule has 0 aliphatic heterocycles. The number of ether oxygens (including phenoxy) is 1. The molecule has 0 fully saturated rings. The van der Waals surface area contributed by atoms with Crippen LogP contribution in [0.25, 0.3) is 11.0 Å². The topological polar surface area (TPSA) is 76.7 Å². The SMILES string of the molecule is Cc1c(C)c2ccc(OC(CCc3ccccc3)C(=O)O)cc2oc1=O. The van der Waals surface area contributed by atoms with E-state index in [4.69, 9.17) is 9.15 Å². The highest BCUT2D eigenvalue weighted by molar-refractivity contribution is 5.82. The van der Waals surface area contributed by atoms with Crippen molar-refractivity contribution >= 4 is 16.9 Å². The Bertz CT molecular complexity index is 988. The van der Waals surface area contributed by atoms with E-state index in [0.717, 1.165) is 16.5 Å². The summed E-state index contributed by atoms with van der Waals surface area (Å²) in [5.41, 5.74) is 2.46. The second kappa shape index (κ2) is 7.44. The molecule has 0 bridgehead atoms. The molecule has 3 aromatic rings. The van der Waals surface area contributed by atoms with E-state index < -0.39 is 17.7 Å². The van der Waals surface area contributed by atoms with E-state index in [1.54, 1.807) is 25.1 Å². The van der Waals surface area contributed by atoms with E-state index in [1.807, 2.05) is 37.3 Å². The van der Waals surface area contributed by atoms with Gasteiger partial charge in [-0.3, -0.25) is 0 Å². The van der Waals surface area contributed by atoms with Gasteiger partial charge in [0.1, 0.15) is 11.3 Å². The standard InChI is InChI=1S/C21H20O5/c1-13-14(2)21(24)26-19-12-16(9-10-17(13)19)25-18(20(22)23)11-8-15-6-4-3-5-7-15/h3-7,9-10,12,18H,8,11H2,1-2H3,(H,22,23). The lowest BCUT2D eigenvalue weighted by Crippen LogP contribution is -2.27. The summed E-state index contributed by atoms with van der Waals surface area (Å²) in [5.74, 6) is -0.660. The van der Waals surface area contributed by atoms with Gasteiger partial charge in [-0.25, -0.2) is 9.59 Å². The van der Waals surface area contributed by atoms with Gasteiger partial charge in [-0.2, -0.15) is 0 Å². The fourth-order valence-corrected chi connectivity index (χ4v) is 2.84. The Balaban J connectivity index is 1.81. The summed E-state index contributed by atoms with van der Waals surface area (Å²) in [6.45, 7) is 3.57. The average molecular weight is 352 g/mol. The molecule has 134 valence electrons. The van der Waals surface area contributed by atoms with E-state index in [2.05, 4.69) is 0 Å². The first-order valence-corrected chi connectivity index (χ1v) is 8.43. The van der Waals surface area contributed by atoms with Crippen molar-refractivity contribution in [3.63, 3.8) is 0 Å². The highest BCUT2D eigenvalue weighted by atomic mass is 16.5. The molecular formula is C21H20O5. The zero-order valence-corrected chi connectivity index (χ0v) is 14.7. The lowest BCUT2D eigenvalue weighted by Gasteiger charge is -2.15. The fourth-order valence-electron chi connectivity index (χ4n) is 2.84. The Morgan fingerprint density at radius 1 is 1.12 bits per heavy atom. The Labute approximate surface area is 150 Å². The zero-order valence-electron chi connectivity index (χ0n) is 14.7. The van der Waals surface area contributed by atoms with Crippen molar-refractivity contribution in [3.05, 3.63) is 75.6 Å². The third-order valence-electron chi connectivity index (χ3n) is 4.52. The van der Waals surface area contributed by atoms with Gasteiger partial charge >= 0.3 is 11.6 Å². The maximum Gasteiger partial charge on any atom is 0.344 e. The van der Waals surface area contributed by atoms with Crippen LogP contribution in [-0.2, 0) is 11.2 Å². The fraction of sp³-hybridized carbons (Fsp3) is 0.238. The van der Waals surface area contributed by atoms with Crippen LogP contribution in [0.4, 0.5) is 0 Å². The summed E-state index contributed by atoms with van der Waals surface area (Å²) in [6.07, 6.45) is -0.0431. The number of benzene rings is 2. The molecule has 0 aliphatic rings. The molecule has 0 radical (unpaired) electrons. The third-order valence-corrected chi connectivity index (χ3v) is 4.52. The van der Waals surface area contributed by atoms with Gasteiger partial charge in [0, 0.05) is 17.0 Å². The van der Waals surface area contributed by atoms with Crippen molar-refractivity contribution in [2.24, 2.45) is 0 Å². The van der Waals surface area contributed by atoms with Crippen LogP contribution < -0.4 is 10.4 Å². The highest BCUT2D eigenvalue weighted by Crippen LogP contribution is 2.25. The number of carboxylic acids is 1. The second-order valence-corrected chi connectivity index (χ2v) is 6.27. The van der Waals surface area contributed by atoms with Crippen LogP contribution in [0.15, 0.2) is 57.7 Å². The molecular weight excluding hydrogens is 332 g/mol. The first kappa shape index (κ1) is 17.7. The molecule has 1 N–H and O–H groups in total. The maximum absolute atomic E-state index is 11.9. The number of carbonyl (C=O) groups is 1. The Morgan fingerprint density at radius 2 is 1.85 bits per heavy atom. The number of aliphatic carboxylic acids is 1. The normalized spacial score (nSPS) is 12.1. The quantitative estimate of drug-likeness (QED) is 0.681. The summed E-state index contributed by atoms with van der Waals surface area (Å²) in [7, 11) is 0. The lowest BCUT2D eigenvalue weighted by atomic mass is 10.1. The summed E-state index contributed by atoms with van der Waals surface area (Å²) in [5, 5.41) is 10.3. The Kier molecular flexibility index (Phi) is 5.07. The molecule has 2 aromatic carbocycles. The molecule has 1 aromatic heterocycles. The number of aryl methyl sites for hydroxylation is 2. The molecule has 5 heteroatoms. The minimum Gasteiger partial charge on any atom is -0.479 e. The molecule has 3 rings (SSSR count). The summed E-state index contributed by atoms with van der Waals surface area (Å²) in [6, 6.07) is 14.7. The van der Waals surface area contributed by atoms with Crippen LogP contribution in [0, 0.1) is 13.8 Å². The molecule has 1 unspecified atom stereocenters. The van der Waals surface area contributed by atoms with Gasteiger partial charge in [-0.05, 0) is 49.9 Å². The van der Waals surface area contributed by atoms with Gasteiger partial charge in [-0.1, -0.05) is 30.3 Å². The van der Waals surface area contributed by atoms with Crippen LogP contribution >= 0.6 is 0 Å². The minimum atomic E-state index is -1.03. The minimum absolute atomic E-state index is 0.342. The molecule has 0 amide bonds. The Morgan fingerprint density at radius 3 is 2.54 bits per heavy atom. The first-order valence-electron chi connectivity index (χ1n) is 8.43. The van der Waals surface area contributed by atoms with Gasteiger partial charge in [0.25, 0.3) is 0 Å². The van der Waals surface area contributed by atoms with Crippen molar-refractivity contribution in [1.29, 1.82) is 0 Å². The number of fused-ring (bicyclic) bond motifs is 1. The van der Waals surface area contributed by atoms with E-state index in [1.165, 1.54) is 0 Å². The number of hydrogen-bond donors (Lipinski definition) is 1. The van der Waals surface area contributed by atoms with E-state index in [-0.39, 0.29) is 0 Å². The maximum atomic E-state index is 11.9. The Hall–Kier alpha value is -3.08. The molecule has 5 nitrogen and oxygen atoms in total. The lowest BCUT2D eigenvalue weighted by molar-refractivity contribution is -0.145. The predicted molar refractivity (Wildman–Crippen MR) is 98.8 cm³/mol. The van der Waals surface area contributed by atoms with Gasteiger partial charge in [0.05, 0.1) is 0 Å². The van der Waals surface area contributed by atoms with Crippen LogP contribution in [0.3, 0.4) is 0 Å². The molecule has 0 aliphatic carbocycles. The summed E-state index contributed by atoms with van der Waals surface area (Å²) in [4.78, 5) is 23.4. The summed E-state index contributed by atoms with van der Waals surface area (Å²) < 4.78 is 11.0. The molecule has 1 heterocycles. The highest BCUT2D eigenvalue weighted by Gasteiger charge is 2.20. The van der Waals surface area contributed by atoms with E-state index >= 15 is 0 Å². The van der Waals surface area contributed by atoms with E-state index in [9.17, 15) is 14.7 Å². The van der Waals surface area contributed by atoms with Gasteiger partial charge < -0.3 is 14.3 Å². The number of carboxylic acid groups (broad SMARTS) is 1. The number of hydrogen-bond acceptors (Lipinski definition) is 4. The van der Waals surface area contributed by atoms with Crippen molar-refractivity contribution in [2.75, 3.05) is 0 Å². The van der Waals surface area contributed by atoms with E-state index in [0.29, 0.717) is 29.7 Å². The van der Waals surface area contributed by atoms with Crippen LogP contribution in [0.5, 0.6) is 5.75 Å². The molecule has 1 atom stereocenters. The number of rotatable bonds is 6. The van der Waals surface area contributed by atoms with Crippen LogP contribution in [-0.4, -0.2) is 17.2 Å². The largest absolute Gasteiger partial charge is 0.479 e. The zero-order chi connectivity index (χ0) is 18.7. The monoisotopic (exact) mass is 352 g/mol. The molecule has 0 spiro atoms. The van der Waals surface area contributed by atoms with Gasteiger partial charge in [0.2, 0.25) is 0 Å². The van der Waals surface area contributed by atoms with Crippen molar-refractivity contribution in [2.45, 2.75) is 32.8 Å². The van der Waals surface area contributed by atoms with Crippen molar-refractivity contribution in [3.8, 4) is 5.75 Å². The smallest absolute Gasteiger partial charge is 0.344 e. The van der Waals surface area contributed by atoms with Crippen LogP contribution in [0.1, 0.15) is 23.1 Å². The molecule has 26 heavy (non-hydrogen) atoms. The predicted octanol–water partition coefficient (Wildman–Crippen LogP) is 3.87.